The van der Waals surface area contributed by atoms with Gasteiger partial charge in [0.2, 0.25) is 0 Å². The SMILES string of the molecule is CCOC(=O)CN(Cc1cccc(C(=O)OC)c1)C(C)C. The fourth-order valence-corrected chi connectivity index (χ4v) is 1.94. The molecule has 0 radical (unpaired) electrons. The molecule has 0 N–H and O–H groups in total. The van der Waals surface area contributed by atoms with Gasteiger partial charge in [-0.15, -0.1) is 0 Å². The minimum atomic E-state index is -0.363. The van der Waals surface area contributed by atoms with Crippen molar-refractivity contribution in [3.05, 3.63) is 35.4 Å². The van der Waals surface area contributed by atoms with E-state index < -0.39 is 0 Å². The first-order valence-corrected chi connectivity index (χ1v) is 7.04. The highest BCUT2D eigenvalue weighted by molar-refractivity contribution is 5.89. The summed E-state index contributed by atoms with van der Waals surface area (Å²) in [5.74, 6) is -0.603. The summed E-state index contributed by atoms with van der Waals surface area (Å²) >= 11 is 0. The molecule has 1 rings (SSSR count). The molecule has 1 aromatic carbocycles. The Balaban J connectivity index is 2.79. The second kappa shape index (κ2) is 8.42. The van der Waals surface area contributed by atoms with Gasteiger partial charge in [-0.3, -0.25) is 9.69 Å². The summed E-state index contributed by atoms with van der Waals surface area (Å²) in [6.45, 7) is 7.00. The lowest BCUT2D eigenvalue weighted by atomic mass is 10.1. The quantitative estimate of drug-likeness (QED) is 0.722. The number of hydrogen-bond donors (Lipinski definition) is 0. The van der Waals surface area contributed by atoms with Crippen LogP contribution in [0.25, 0.3) is 0 Å². The van der Waals surface area contributed by atoms with Crippen LogP contribution in [0.15, 0.2) is 24.3 Å². The lowest BCUT2D eigenvalue weighted by molar-refractivity contribution is -0.145. The molecule has 0 saturated heterocycles. The largest absolute Gasteiger partial charge is 0.465 e. The van der Waals surface area contributed by atoms with Crippen LogP contribution in [0.4, 0.5) is 0 Å². The van der Waals surface area contributed by atoms with E-state index >= 15 is 0 Å². The molecule has 0 aliphatic carbocycles. The Hall–Kier alpha value is -1.88. The average Bonchev–Trinajstić information content (AvgIpc) is 2.46. The third-order valence-corrected chi connectivity index (χ3v) is 3.10. The van der Waals surface area contributed by atoms with Crippen LogP contribution in [0.2, 0.25) is 0 Å². The van der Waals surface area contributed by atoms with Crippen molar-refractivity contribution in [3.63, 3.8) is 0 Å². The van der Waals surface area contributed by atoms with Gasteiger partial charge < -0.3 is 9.47 Å². The van der Waals surface area contributed by atoms with Crippen molar-refractivity contribution in [2.24, 2.45) is 0 Å². The standard InChI is InChI=1S/C16H23NO4/c1-5-21-15(18)11-17(12(2)3)10-13-7-6-8-14(9-13)16(19)20-4/h6-9,12H,5,10-11H2,1-4H3. The van der Waals surface area contributed by atoms with E-state index in [-0.39, 0.29) is 24.5 Å². The smallest absolute Gasteiger partial charge is 0.337 e. The maximum atomic E-state index is 11.6. The molecule has 1 aromatic rings. The van der Waals surface area contributed by atoms with Crippen LogP contribution in [-0.2, 0) is 20.8 Å². The summed E-state index contributed by atoms with van der Waals surface area (Å²) < 4.78 is 9.70. The highest BCUT2D eigenvalue weighted by Crippen LogP contribution is 2.11. The summed E-state index contributed by atoms with van der Waals surface area (Å²) in [5.41, 5.74) is 1.46. The Morgan fingerprint density at radius 3 is 2.57 bits per heavy atom. The second-order valence-corrected chi connectivity index (χ2v) is 5.00. The van der Waals surface area contributed by atoms with Gasteiger partial charge in [-0.1, -0.05) is 12.1 Å². The van der Waals surface area contributed by atoms with Crippen molar-refractivity contribution in [3.8, 4) is 0 Å². The van der Waals surface area contributed by atoms with Gasteiger partial charge in [0.15, 0.2) is 0 Å². The van der Waals surface area contributed by atoms with Crippen LogP contribution in [0.5, 0.6) is 0 Å². The molecule has 0 aliphatic rings. The number of esters is 2. The van der Waals surface area contributed by atoms with E-state index in [0.29, 0.717) is 18.7 Å². The monoisotopic (exact) mass is 293 g/mol. The van der Waals surface area contributed by atoms with Gasteiger partial charge in [-0.25, -0.2) is 4.79 Å². The van der Waals surface area contributed by atoms with Crippen LogP contribution in [0, 0.1) is 0 Å². The lowest BCUT2D eigenvalue weighted by Gasteiger charge is -2.25. The maximum Gasteiger partial charge on any atom is 0.337 e. The summed E-state index contributed by atoms with van der Waals surface area (Å²) in [5, 5.41) is 0. The van der Waals surface area contributed by atoms with Crippen molar-refractivity contribution >= 4 is 11.9 Å². The van der Waals surface area contributed by atoms with Crippen LogP contribution >= 0.6 is 0 Å². The molecular formula is C16H23NO4. The summed E-state index contributed by atoms with van der Waals surface area (Å²) in [6.07, 6.45) is 0. The van der Waals surface area contributed by atoms with Gasteiger partial charge in [0.1, 0.15) is 0 Å². The Kier molecular flexibility index (Phi) is 6.88. The zero-order chi connectivity index (χ0) is 15.8. The van der Waals surface area contributed by atoms with Gasteiger partial charge in [-0.2, -0.15) is 0 Å². The Morgan fingerprint density at radius 2 is 2.00 bits per heavy atom. The molecule has 0 bridgehead atoms. The van der Waals surface area contributed by atoms with E-state index in [9.17, 15) is 9.59 Å². The molecule has 0 fully saturated rings. The van der Waals surface area contributed by atoms with E-state index in [1.54, 1.807) is 19.1 Å². The van der Waals surface area contributed by atoms with Crippen molar-refractivity contribution in [2.75, 3.05) is 20.3 Å². The highest BCUT2D eigenvalue weighted by atomic mass is 16.5. The number of carbonyl (C=O) groups excluding carboxylic acids is 2. The van der Waals surface area contributed by atoms with E-state index in [1.165, 1.54) is 7.11 Å². The van der Waals surface area contributed by atoms with Crippen molar-refractivity contribution < 1.29 is 19.1 Å². The molecule has 0 aromatic heterocycles. The molecular weight excluding hydrogens is 270 g/mol. The number of nitrogens with zero attached hydrogens (tertiary/aromatic N) is 1. The molecule has 116 valence electrons. The highest BCUT2D eigenvalue weighted by Gasteiger charge is 2.16. The zero-order valence-corrected chi connectivity index (χ0v) is 13.1. The van der Waals surface area contributed by atoms with Crippen molar-refractivity contribution in [1.29, 1.82) is 0 Å². The number of carbonyl (C=O) groups is 2. The first kappa shape index (κ1) is 17.2. The predicted molar refractivity (Wildman–Crippen MR) is 80.0 cm³/mol. The lowest BCUT2D eigenvalue weighted by Crippen LogP contribution is -2.36. The Bertz CT molecular complexity index is 485. The van der Waals surface area contributed by atoms with Crippen LogP contribution in [-0.4, -0.2) is 43.1 Å². The van der Waals surface area contributed by atoms with Gasteiger partial charge in [0, 0.05) is 12.6 Å². The molecule has 0 saturated carbocycles. The first-order valence-electron chi connectivity index (χ1n) is 7.04. The van der Waals surface area contributed by atoms with E-state index in [1.807, 2.05) is 30.9 Å². The van der Waals surface area contributed by atoms with Gasteiger partial charge in [0.05, 0.1) is 25.8 Å². The molecule has 0 atom stereocenters. The summed E-state index contributed by atoms with van der Waals surface area (Å²) in [7, 11) is 1.36. The third kappa shape index (κ3) is 5.55. The molecule has 0 spiro atoms. The normalized spacial score (nSPS) is 10.8. The minimum Gasteiger partial charge on any atom is -0.465 e. The summed E-state index contributed by atoms with van der Waals surface area (Å²) in [4.78, 5) is 25.2. The molecule has 0 aliphatic heterocycles. The topological polar surface area (TPSA) is 55.8 Å². The minimum absolute atomic E-state index is 0.191. The fraction of sp³-hybridized carbons (Fsp3) is 0.500. The molecule has 5 heteroatoms. The fourth-order valence-electron chi connectivity index (χ4n) is 1.94. The van der Waals surface area contributed by atoms with Crippen LogP contribution in [0.1, 0.15) is 36.7 Å². The van der Waals surface area contributed by atoms with Gasteiger partial charge >= 0.3 is 11.9 Å². The zero-order valence-electron chi connectivity index (χ0n) is 13.1. The number of hydrogen-bond acceptors (Lipinski definition) is 5. The van der Waals surface area contributed by atoms with Gasteiger partial charge in [0.25, 0.3) is 0 Å². The average molecular weight is 293 g/mol. The van der Waals surface area contributed by atoms with Crippen molar-refractivity contribution in [1.82, 2.24) is 4.90 Å². The van der Waals surface area contributed by atoms with E-state index in [2.05, 4.69) is 0 Å². The molecule has 21 heavy (non-hydrogen) atoms. The molecule has 5 nitrogen and oxygen atoms in total. The van der Waals surface area contributed by atoms with Crippen LogP contribution < -0.4 is 0 Å². The number of rotatable bonds is 7. The van der Waals surface area contributed by atoms with Crippen molar-refractivity contribution in [2.45, 2.75) is 33.4 Å². The molecule has 0 heterocycles. The molecule has 0 unspecified atom stereocenters. The first-order chi connectivity index (χ1) is 9.97. The number of ether oxygens (including phenoxy) is 2. The number of benzene rings is 1. The maximum absolute atomic E-state index is 11.6. The predicted octanol–water partition coefficient (Wildman–Crippen LogP) is 2.25. The Morgan fingerprint density at radius 1 is 1.29 bits per heavy atom. The summed E-state index contributed by atoms with van der Waals surface area (Å²) in [6, 6.07) is 7.42. The Labute approximate surface area is 125 Å². The molecule has 0 amide bonds. The second-order valence-electron chi connectivity index (χ2n) is 5.00. The van der Waals surface area contributed by atoms with Gasteiger partial charge in [-0.05, 0) is 38.5 Å². The number of methoxy groups -OCH3 is 1. The van der Waals surface area contributed by atoms with E-state index in [4.69, 9.17) is 9.47 Å². The third-order valence-electron chi connectivity index (χ3n) is 3.10. The van der Waals surface area contributed by atoms with E-state index in [0.717, 1.165) is 5.56 Å². The van der Waals surface area contributed by atoms with Crippen LogP contribution in [0.3, 0.4) is 0 Å².